The molecule has 0 atom stereocenters. The van der Waals surface area contributed by atoms with Crippen molar-refractivity contribution in [1.29, 1.82) is 0 Å². The molecule has 4 rings (SSSR count). The summed E-state index contributed by atoms with van der Waals surface area (Å²) >= 11 is 6.16. The number of hydrogen-bond acceptors (Lipinski definition) is 5. The van der Waals surface area contributed by atoms with Gasteiger partial charge in [-0.05, 0) is 18.2 Å². The summed E-state index contributed by atoms with van der Waals surface area (Å²) in [6.07, 6.45) is 8.09. The topological polar surface area (TPSA) is 54.8 Å². The van der Waals surface area contributed by atoms with Crippen LogP contribution in [0.1, 0.15) is 16.8 Å². The molecule has 3 aromatic heterocycles. The Morgan fingerprint density at radius 1 is 1.08 bits per heavy atom. The van der Waals surface area contributed by atoms with Gasteiger partial charge in [0.1, 0.15) is 5.15 Å². The predicted molar refractivity (Wildman–Crippen MR) is 92.3 cm³/mol. The molecule has 4 heterocycles. The van der Waals surface area contributed by atoms with Crippen molar-refractivity contribution in [1.82, 2.24) is 24.8 Å². The van der Waals surface area contributed by atoms with Gasteiger partial charge in [-0.1, -0.05) is 17.7 Å². The second-order valence-electron chi connectivity index (χ2n) is 5.82. The Morgan fingerprint density at radius 2 is 1.96 bits per heavy atom. The third kappa shape index (κ3) is 3.13. The number of nitrogens with zero attached hydrogens (tertiary/aromatic N) is 5. The molecule has 0 amide bonds. The minimum Gasteiger partial charge on any atom is -0.294 e. The monoisotopic (exact) mass is 337 g/mol. The summed E-state index contributed by atoms with van der Waals surface area (Å²) in [7, 11) is 0. The molecule has 0 fully saturated rings. The van der Waals surface area contributed by atoms with Gasteiger partial charge >= 0.3 is 0 Å². The second-order valence-corrected chi connectivity index (χ2v) is 6.17. The van der Waals surface area contributed by atoms with Crippen LogP contribution in [0.2, 0.25) is 5.15 Å². The second kappa shape index (κ2) is 6.63. The summed E-state index contributed by atoms with van der Waals surface area (Å²) < 4.78 is 0. The normalized spacial score (nSPS) is 14.4. The zero-order valence-electron chi connectivity index (χ0n) is 13.1. The molecule has 0 unspecified atom stereocenters. The number of fused-ring (bicyclic) bond motifs is 1. The molecule has 0 aromatic carbocycles. The maximum absolute atomic E-state index is 6.16. The molecular formula is C18H16ClN5. The molecule has 1 aliphatic heterocycles. The van der Waals surface area contributed by atoms with E-state index in [9.17, 15) is 0 Å². The van der Waals surface area contributed by atoms with E-state index in [1.165, 1.54) is 5.56 Å². The lowest BCUT2D eigenvalue weighted by Gasteiger charge is -2.28. The Labute approximate surface area is 145 Å². The molecular weight excluding hydrogens is 322 g/mol. The fraction of sp³-hybridized carbons (Fsp3) is 0.222. The van der Waals surface area contributed by atoms with E-state index < -0.39 is 0 Å². The Bertz CT molecular complexity index is 853. The van der Waals surface area contributed by atoms with Crippen molar-refractivity contribution in [2.24, 2.45) is 0 Å². The van der Waals surface area contributed by atoms with Crippen LogP contribution in [0, 0.1) is 0 Å². The van der Waals surface area contributed by atoms with Gasteiger partial charge in [-0.15, -0.1) is 0 Å². The largest absolute Gasteiger partial charge is 0.294 e. The number of rotatable bonds is 3. The van der Waals surface area contributed by atoms with Crippen LogP contribution in [0.25, 0.3) is 11.4 Å². The quantitative estimate of drug-likeness (QED) is 0.687. The molecule has 0 bridgehead atoms. The average Bonchev–Trinajstić information content (AvgIpc) is 2.64. The molecule has 0 radical (unpaired) electrons. The highest BCUT2D eigenvalue weighted by molar-refractivity contribution is 6.30. The molecule has 120 valence electrons. The van der Waals surface area contributed by atoms with Gasteiger partial charge in [0, 0.05) is 67.5 Å². The Balaban J connectivity index is 1.53. The van der Waals surface area contributed by atoms with Crippen molar-refractivity contribution < 1.29 is 0 Å². The van der Waals surface area contributed by atoms with Crippen LogP contribution in [0.3, 0.4) is 0 Å². The average molecular weight is 338 g/mol. The van der Waals surface area contributed by atoms with Crippen LogP contribution in [0.15, 0.2) is 49.1 Å². The van der Waals surface area contributed by atoms with E-state index in [0.29, 0.717) is 5.15 Å². The first-order valence-corrected chi connectivity index (χ1v) is 8.24. The van der Waals surface area contributed by atoms with E-state index in [0.717, 1.165) is 48.7 Å². The van der Waals surface area contributed by atoms with E-state index in [2.05, 4.69) is 19.9 Å². The summed E-state index contributed by atoms with van der Waals surface area (Å²) in [5.41, 5.74) is 4.36. The first kappa shape index (κ1) is 15.2. The van der Waals surface area contributed by atoms with E-state index in [4.69, 9.17) is 16.6 Å². The molecule has 0 spiro atoms. The van der Waals surface area contributed by atoms with Gasteiger partial charge in [0.15, 0.2) is 5.82 Å². The number of halogens is 1. The van der Waals surface area contributed by atoms with Gasteiger partial charge in [-0.2, -0.15) is 0 Å². The Kier molecular flexibility index (Phi) is 4.19. The van der Waals surface area contributed by atoms with Crippen molar-refractivity contribution in [3.05, 3.63) is 71.0 Å². The van der Waals surface area contributed by atoms with Crippen molar-refractivity contribution in [3.8, 4) is 11.4 Å². The summed E-state index contributed by atoms with van der Waals surface area (Å²) in [4.78, 5) is 19.8. The lowest BCUT2D eigenvalue weighted by molar-refractivity contribution is 0.243. The standard InChI is InChI=1S/C18H16ClN5/c19-17-14(2-1-6-21-17)11-24-9-5-16-15(12-24)10-22-18(23-16)13-3-7-20-8-4-13/h1-4,6-8,10H,5,9,11-12H2. The van der Waals surface area contributed by atoms with Crippen LogP contribution < -0.4 is 0 Å². The number of pyridine rings is 2. The molecule has 6 heteroatoms. The Morgan fingerprint density at radius 3 is 2.79 bits per heavy atom. The molecule has 5 nitrogen and oxygen atoms in total. The maximum atomic E-state index is 6.16. The lowest BCUT2D eigenvalue weighted by Crippen LogP contribution is -2.31. The van der Waals surface area contributed by atoms with E-state index in [1.807, 2.05) is 30.5 Å². The van der Waals surface area contributed by atoms with Crippen molar-refractivity contribution in [3.63, 3.8) is 0 Å². The summed E-state index contributed by atoms with van der Waals surface area (Å²) in [5.74, 6) is 0.764. The van der Waals surface area contributed by atoms with Gasteiger partial charge in [-0.25, -0.2) is 15.0 Å². The van der Waals surface area contributed by atoms with E-state index >= 15 is 0 Å². The Hall–Kier alpha value is -2.37. The highest BCUT2D eigenvalue weighted by Crippen LogP contribution is 2.23. The number of hydrogen-bond donors (Lipinski definition) is 0. The molecule has 3 aromatic rings. The summed E-state index contributed by atoms with van der Waals surface area (Å²) in [5, 5.41) is 0.576. The van der Waals surface area contributed by atoms with E-state index in [1.54, 1.807) is 18.6 Å². The maximum Gasteiger partial charge on any atom is 0.159 e. The van der Waals surface area contributed by atoms with Gasteiger partial charge in [0.2, 0.25) is 0 Å². The molecule has 24 heavy (non-hydrogen) atoms. The summed E-state index contributed by atoms with van der Waals surface area (Å²) in [6, 6.07) is 7.81. The van der Waals surface area contributed by atoms with Gasteiger partial charge in [-0.3, -0.25) is 9.88 Å². The first-order valence-electron chi connectivity index (χ1n) is 7.86. The van der Waals surface area contributed by atoms with Crippen molar-refractivity contribution in [2.75, 3.05) is 6.54 Å². The molecule has 1 aliphatic rings. The van der Waals surface area contributed by atoms with Crippen LogP contribution in [0.5, 0.6) is 0 Å². The zero-order chi connectivity index (χ0) is 16.4. The third-order valence-corrected chi connectivity index (χ3v) is 4.52. The smallest absolute Gasteiger partial charge is 0.159 e. The van der Waals surface area contributed by atoms with Gasteiger partial charge in [0.25, 0.3) is 0 Å². The van der Waals surface area contributed by atoms with Gasteiger partial charge < -0.3 is 0 Å². The molecule has 0 saturated carbocycles. The summed E-state index contributed by atoms with van der Waals surface area (Å²) in [6.45, 7) is 2.57. The SMILES string of the molecule is Clc1ncccc1CN1CCc2nc(-c3ccncc3)ncc2C1. The third-order valence-electron chi connectivity index (χ3n) is 4.18. The highest BCUT2D eigenvalue weighted by Gasteiger charge is 2.19. The predicted octanol–water partition coefficient (Wildman–Crippen LogP) is 3.15. The van der Waals surface area contributed by atoms with Crippen molar-refractivity contribution >= 4 is 11.6 Å². The minimum absolute atomic E-state index is 0.576. The molecule has 0 aliphatic carbocycles. The van der Waals surface area contributed by atoms with Crippen LogP contribution in [-0.2, 0) is 19.5 Å². The fourth-order valence-electron chi connectivity index (χ4n) is 2.93. The van der Waals surface area contributed by atoms with Crippen molar-refractivity contribution in [2.45, 2.75) is 19.5 Å². The van der Waals surface area contributed by atoms with Crippen LogP contribution >= 0.6 is 11.6 Å². The molecule has 0 N–H and O–H groups in total. The minimum atomic E-state index is 0.576. The number of aromatic nitrogens is 4. The van der Waals surface area contributed by atoms with Crippen LogP contribution in [0.4, 0.5) is 0 Å². The molecule has 0 saturated heterocycles. The van der Waals surface area contributed by atoms with Crippen LogP contribution in [-0.4, -0.2) is 31.4 Å². The lowest BCUT2D eigenvalue weighted by atomic mass is 10.1. The zero-order valence-corrected chi connectivity index (χ0v) is 13.8. The fourth-order valence-corrected chi connectivity index (χ4v) is 3.11. The first-order chi connectivity index (χ1) is 11.8. The van der Waals surface area contributed by atoms with E-state index in [-0.39, 0.29) is 0 Å². The van der Waals surface area contributed by atoms with Gasteiger partial charge in [0.05, 0.1) is 5.69 Å². The highest BCUT2D eigenvalue weighted by atomic mass is 35.5.